The zero-order chi connectivity index (χ0) is 15.1. The van der Waals surface area contributed by atoms with Gasteiger partial charge in [0, 0.05) is 25.6 Å². The maximum Gasteiger partial charge on any atom is 0.317 e. The summed E-state index contributed by atoms with van der Waals surface area (Å²) in [5, 5.41) is 11.7. The van der Waals surface area contributed by atoms with Crippen molar-refractivity contribution in [3.8, 4) is 0 Å². The zero-order valence-electron chi connectivity index (χ0n) is 12.9. The SMILES string of the molecule is CCC(CCNC(=O)N1CC(C)CC1C)CCC(=O)O. The van der Waals surface area contributed by atoms with Crippen molar-refractivity contribution in [3.63, 3.8) is 0 Å². The number of amides is 2. The van der Waals surface area contributed by atoms with Crippen LogP contribution in [0.2, 0.25) is 0 Å². The van der Waals surface area contributed by atoms with Crippen LogP contribution in [0.3, 0.4) is 0 Å². The Morgan fingerprint density at radius 2 is 2.05 bits per heavy atom. The highest BCUT2D eigenvalue weighted by molar-refractivity contribution is 5.74. The molecule has 3 atom stereocenters. The molecule has 1 rings (SSSR count). The second-order valence-corrected chi connectivity index (χ2v) is 6.07. The van der Waals surface area contributed by atoms with E-state index in [1.807, 2.05) is 4.90 Å². The fourth-order valence-corrected chi connectivity index (χ4v) is 2.95. The predicted molar refractivity (Wildman–Crippen MR) is 78.6 cm³/mol. The van der Waals surface area contributed by atoms with Crippen molar-refractivity contribution in [1.82, 2.24) is 10.2 Å². The van der Waals surface area contributed by atoms with E-state index in [2.05, 4.69) is 26.1 Å². The van der Waals surface area contributed by atoms with Gasteiger partial charge >= 0.3 is 12.0 Å². The Labute approximate surface area is 121 Å². The summed E-state index contributed by atoms with van der Waals surface area (Å²) in [5.74, 6) is 0.211. The van der Waals surface area contributed by atoms with Crippen molar-refractivity contribution in [1.29, 1.82) is 0 Å². The highest BCUT2D eigenvalue weighted by Crippen LogP contribution is 2.22. The van der Waals surface area contributed by atoms with Crippen LogP contribution in [0.4, 0.5) is 4.79 Å². The van der Waals surface area contributed by atoms with Gasteiger partial charge in [0.25, 0.3) is 0 Å². The van der Waals surface area contributed by atoms with Crippen LogP contribution in [-0.2, 0) is 4.79 Å². The van der Waals surface area contributed by atoms with Crippen molar-refractivity contribution < 1.29 is 14.7 Å². The summed E-state index contributed by atoms with van der Waals surface area (Å²) in [6.07, 6.45) is 3.79. The van der Waals surface area contributed by atoms with Crippen LogP contribution in [0, 0.1) is 11.8 Å². The first-order chi connectivity index (χ1) is 9.43. The minimum atomic E-state index is -0.743. The number of nitrogens with zero attached hydrogens (tertiary/aromatic N) is 1. The van der Waals surface area contributed by atoms with Gasteiger partial charge in [-0.2, -0.15) is 0 Å². The maximum absolute atomic E-state index is 12.1. The summed E-state index contributed by atoms with van der Waals surface area (Å²) in [6, 6.07) is 0.342. The lowest BCUT2D eigenvalue weighted by Crippen LogP contribution is -2.42. The van der Waals surface area contributed by atoms with E-state index in [0.29, 0.717) is 30.8 Å². The molecular weight excluding hydrogens is 256 g/mol. The summed E-state index contributed by atoms with van der Waals surface area (Å²) in [6.45, 7) is 7.80. The Hall–Kier alpha value is -1.26. The number of carboxylic acids is 1. The number of carbonyl (C=O) groups is 2. The molecule has 1 saturated heterocycles. The fraction of sp³-hybridized carbons (Fsp3) is 0.867. The smallest absolute Gasteiger partial charge is 0.317 e. The van der Waals surface area contributed by atoms with Gasteiger partial charge in [0.05, 0.1) is 0 Å². The monoisotopic (exact) mass is 284 g/mol. The third kappa shape index (κ3) is 5.39. The summed E-state index contributed by atoms with van der Waals surface area (Å²) in [4.78, 5) is 24.5. The van der Waals surface area contributed by atoms with E-state index in [1.165, 1.54) is 0 Å². The molecule has 1 aliphatic rings. The molecular formula is C15H28N2O3. The lowest BCUT2D eigenvalue weighted by Gasteiger charge is -2.22. The van der Waals surface area contributed by atoms with Gasteiger partial charge in [-0.25, -0.2) is 4.79 Å². The van der Waals surface area contributed by atoms with E-state index in [0.717, 1.165) is 25.8 Å². The number of carboxylic acid groups (broad SMARTS) is 1. The van der Waals surface area contributed by atoms with Crippen molar-refractivity contribution in [2.24, 2.45) is 11.8 Å². The molecule has 5 nitrogen and oxygen atoms in total. The molecule has 5 heteroatoms. The van der Waals surface area contributed by atoms with Crippen molar-refractivity contribution in [2.75, 3.05) is 13.1 Å². The Balaban J connectivity index is 2.25. The fourth-order valence-electron chi connectivity index (χ4n) is 2.95. The molecule has 1 heterocycles. The van der Waals surface area contributed by atoms with E-state index in [9.17, 15) is 9.59 Å². The molecule has 116 valence electrons. The average Bonchev–Trinajstić information content (AvgIpc) is 2.72. The summed E-state index contributed by atoms with van der Waals surface area (Å²) in [5.41, 5.74) is 0. The molecule has 0 aliphatic carbocycles. The van der Waals surface area contributed by atoms with Crippen LogP contribution in [-0.4, -0.2) is 41.1 Å². The quantitative estimate of drug-likeness (QED) is 0.755. The van der Waals surface area contributed by atoms with Gasteiger partial charge in [0.15, 0.2) is 0 Å². The molecule has 0 radical (unpaired) electrons. The van der Waals surface area contributed by atoms with E-state index >= 15 is 0 Å². The lowest BCUT2D eigenvalue weighted by atomic mass is 9.97. The molecule has 0 spiro atoms. The molecule has 0 aromatic rings. The molecule has 1 fully saturated rings. The van der Waals surface area contributed by atoms with Gasteiger partial charge in [0.2, 0.25) is 0 Å². The van der Waals surface area contributed by atoms with Crippen LogP contribution in [0.1, 0.15) is 52.9 Å². The van der Waals surface area contributed by atoms with Crippen LogP contribution >= 0.6 is 0 Å². The molecule has 2 N–H and O–H groups in total. The molecule has 0 bridgehead atoms. The van der Waals surface area contributed by atoms with E-state index < -0.39 is 5.97 Å². The summed E-state index contributed by atoms with van der Waals surface area (Å²) in [7, 11) is 0. The normalized spacial score (nSPS) is 23.6. The Morgan fingerprint density at radius 1 is 1.35 bits per heavy atom. The molecule has 0 saturated carbocycles. The van der Waals surface area contributed by atoms with E-state index in [1.54, 1.807) is 0 Å². The van der Waals surface area contributed by atoms with Gasteiger partial charge in [-0.3, -0.25) is 4.79 Å². The second kappa shape index (κ2) is 8.12. The Kier molecular flexibility index (Phi) is 6.82. The van der Waals surface area contributed by atoms with Crippen molar-refractivity contribution in [3.05, 3.63) is 0 Å². The first-order valence-corrected chi connectivity index (χ1v) is 7.70. The lowest BCUT2D eigenvalue weighted by molar-refractivity contribution is -0.137. The number of rotatable bonds is 7. The number of nitrogens with one attached hydrogen (secondary N) is 1. The van der Waals surface area contributed by atoms with Crippen LogP contribution in [0.5, 0.6) is 0 Å². The molecule has 2 amide bonds. The van der Waals surface area contributed by atoms with Gasteiger partial charge in [-0.1, -0.05) is 20.3 Å². The minimum absolute atomic E-state index is 0.0231. The summed E-state index contributed by atoms with van der Waals surface area (Å²) < 4.78 is 0. The summed E-state index contributed by atoms with van der Waals surface area (Å²) >= 11 is 0. The van der Waals surface area contributed by atoms with Crippen molar-refractivity contribution >= 4 is 12.0 Å². The molecule has 0 aromatic heterocycles. The van der Waals surface area contributed by atoms with Crippen molar-refractivity contribution in [2.45, 2.75) is 58.9 Å². The molecule has 0 aromatic carbocycles. The van der Waals surface area contributed by atoms with E-state index in [4.69, 9.17) is 5.11 Å². The number of hydrogen-bond acceptors (Lipinski definition) is 2. The molecule has 3 unspecified atom stereocenters. The first-order valence-electron chi connectivity index (χ1n) is 7.70. The largest absolute Gasteiger partial charge is 0.481 e. The second-order valence-electron chi connectivity index (χ2n) is 6.07. The zero-order valence-corrected chi connectivity index (χ0v) is 12.9. The minimum Gasteiger partial charge on any atom is -0.481 e. The first kappa shape index (κ1) is 16.8. The molecule has 1 aliphatic heterocycles. The standard InChI is InChI=1S/C15H28N2O3/c1-4-13(5-6-14(18)19)7-8-16-15(20)17-10-11(2)9-12(17)3/h11-13H,4-10H2,1-3H3,(H,16,20)(H,18,19). The van der Waals surface area contributed by atoms with Crippen LogP contribution in [0.15, 0.2) is 0 Å². The third-order valence-electron chi connectivity index (χ3n) is 4.22. The van der Waals surface area contributed by atoms with Gasteiger partial charge < -0.3 is 15.3 Å². The van der Waals surface area contributed by atoms with E-state index in [-0.39, 0.29) is 12.5 Å². The highest BCUT2D eigenvalue weighted by atomic mass is 16.4. The third-order valence-corrected chi connectivity index (χ3v) is 4.22. The number of likely N-dealkylation sites (tertiary alicyclic amines) is 1. The highest BCUT2D eigenvalue weighted by Gasteiger charge is 2.29. The van der Waals surface area contributed by atoms with Gasteiger partial charge in [-0.15, -0.1) is 0 Å². The van der Waals surface area contributed by atoms with Gasteiger partial charge in [0.1, 0.15) is 0 Å². The predicted octanol–water partition coefficient (Wildman–Crippen LogP) is 2.71. The van der Waals surface area contributed by atoms with Gasteiger partial charge in [-0.05, 0) is 38.0 Å². The topological polar surface area (TPSA) is 69.6 Å². The van der Waals surface area contributed by atoms with Crippen LogP contribution < -0.4 is 5.32 Å². The average molecular weight is 284 g/mol. The number of urea groups is 1. The Morgan fingerprint density at radius 3 is 2.55 bits per heavy atom. The molecule has 20 heavy (non-hydrogen) atoms. The number of aliphatic carboxylic acids is 1. The number of carbonyl (C=O) groups excluding carboxylic acids is 1. The maximum atomic E-state index is 12.1. The Bertz CT molecular complexity index is 333. The van der Waals surface area contributed by atoms with Crippen LogP contribution in [0.25, 0.3) is 0 Å². The number of hydrogen-bond donors (Lipinski definition) is 2.